The lowest BCUT2D eigenvalue weighted by Crippen LogP contribution is -2.13. The molecule has 0 saturated heterocycles. The van der Waals surface area contributed by atoms with Crippen molar-refractivity contribution in [2.75, 3.05) is 5.32 Å². The van der Waals surface area contributed by atoms with Crippen LogP contribution >= 0.6 is 23.2 Å². The first-order chi connectivity index (χ1) is 9.49. The molecule has 2 aromatic rings. The predicted molar refractivity (Wildman–Crippen MR) is 84.9 cm³/mol. The van der Waals surface area contributed by atoms with Crippen LogP contribution < -0.4 is 5.32 Å². The zero-order valence-electron chi connectivity index (χ0n) is 11.3. The highest BCUT2D eigenvalue weighted by atomic mass is 35.5. The molecule has 2 nitrogen and oxygen atoms in total. The molecule has 0 aromatic heterocycles. The van der Waals surface area contributed by atoms with Crippen molar-refractivity contribution in [1.82, 2.24) is 0 Å². The van der Waals surface area contributed by atoms with Gasteiger partial charge in [0.1, 0.15) is 0 Å². The van der Waals surface area contributed by atoms with E-state index in [1.807, 2.05) is 38.1 Å². The molecule has 0 radical (unpaired) electrons. The van der Waals surface area contributed by atoms with Crippen molar-refractivity contribution >= 4 is 34.8 Å². The van der Waals surface area contributed by atoms with E-state index in [9.17, 15) is 4.79 Å². The predicted octanol–water partition coefficient (Wildman–Crippen LogP) is 5.20. The number of benzene rings is 2. The lowest BCUT2D eigenvalue weighted by molar-refractivity contribution is 0.102. The molecule has 1 atom stereocenters. The van der Waals surface area contributed by atoms with Crippen molar-refractivity contribution in [3.05, 3.63) is 64.2 Å². The number of carbonyl (C=O) groups is 1. The molecule has 0 aliphatic heterocycles. The van der Waals surface area contributed by atoms with E-state index < -0.39 is 0 Å². The molecule has 104 valence electrons. The van der Waals surface area contributed by atoms with E-state index in [0.29, 0.717) is 10.6 Å². The summed E-state index contributed by atoms with van der Waals surface area (Å²) in [5, 5.41) is 3.37. The first-order valence-electron chi connectivity index (χ1n) is 6.29. The molecule has 0 fully saturated rings. The molecule has 1 unspecified atom stereocenters. The van der Waals surface area contributed by atoms with Crippen molar-refractivity contribution in [3.8, 4) is 0 Å². The molecule has 2 rings (SSSR count). The fourth-order valence-electron chi connectivity index (χ4n) is 1.94. The second-order valence-electron chi connectivity index (χ2n) is 4.62. The van der Waals surface area contributed by atoms with Gasteiger partial charge in [0, 0.05) is 16.3 Å². The Kier molecular flexibility index (Phi) is 4.69. The van der Waals surface area contributed by atoms with Gasteiger partial charge in [0.05, 0.1) is 5.38 Å². The molecule has 4 heteroatoms. The Morgan fingerprint density at radius 2 is 1.90 bits per heavy atom. The molecule has 1 N–H and O–H groups in total. The first-order valence-corrected chi connectivity index (χ1v) is 7.11. The Morgan fingerprint density at radius 1 is 1.20 bits per heavy atom. The summed E-state index contributed by atoms with van der Waals surface area (Å²) in [6.45, 7) is 3.74. The number of aryl methyl sites for hydroxylation is 1. The van der Waals surface area contributed by atoms with E-state index in [4.69, 9.17) is 23.2 Å². The number of rotatable bonds is 3. The Morgan fingerprint density at radius 3 is 2.55 bits per heavy atom. The molecule has 20 heavy (non-hydrogen) atoms. The standard InChI is InChI=1S/C16H15Cl2NO/c1-10-9-12(7-8-14(10)18)16(20)19-15-6-4-3-5-13(15)11(2)17/h3-9,11H,1-2H3,(H,19,20). The third-order valence-electron chi connectivity index (χ3n) is 3.06. The molecule has 1 amide bonds. The molecule has 0 spiro atoms. The summed E-state index contributed by atoms with van der Waals surface area (Å²) in [4.78, 5) is 12.3. The van der Waals surface area contributed by atoms with Crippen LogP contribution in [0.25, 0.3) is 0 Å². The van der Waals surface area contributed by atoms with Crippen molar-refractivity contribution < 1.29 is 4.79 Å². The van der Waals surface area contributed by atoms with Gasteiger partial charge in [0.25, 0.3) is 5.91 Å². The fraction of sp³-hybridized carbons (Fsp3) is 0.188. The molecule has 0 heterocycles. The van der Waals surface area contributed by atoms with Crippen LogP contribution in [0, 0.1) is 6.92 Å². The maximum absolute atomic E-state index is 12.3. The summed E-state index contributed by atoms with van der Waals surface area (Å²) >= 11 is 12.1. The van der Waals surface area contributed by atoms with Gasteiger partial charge in [-0.3, -0.25) is 4.79 Å². The van der Waals surface area contributed by atoms with Gasteiger partial charge < -0.3 is 5.32 Å². The van der Waals surface area contributed by atoms with Gasteiger partial charge in [-0.2, -0.15) is 0 Å². The summed E-state index contributed by atoms with van der Waals surface area (Å²) in [6.07, 6.45) is 0. The van der Waals surface area contributed by atoms with Crippen molar-refractivity contribution in [3.63, 3.8) is 0 Å². The Balaban J connectivity index is 2.26. The fourth-order valence-corrected chi connectivity index (χ4v) is 2.25. The van der Waals surface area contributed by atoms with E-state index in [1.54, 1.807) is 18.2 Å². The molecule has 0 aliphatic carbocycles. The third-order valence-corrected chi connectivity index (χ3v) is 3.72. The second-order valence-corrected chi connectivity index (χ2v) is 5.68. The van der Waals surface area contributed by atoms with Crippen LogP contribution in [0.4, 0.5) is 5.69 Å². The van der Waals surface area contributed by atoms with Gasteiger partial charge in [-0.1, -0.05) is 29.8 Å². The average Bonchev–Trinajstić information content (AvgIpc) is 2.42. The van der Waals surface area contributed by atoms with Crippen LogP contribution in [0.1, 0.15) is 33.8 Å². The summed E-state index contributed by atoms with van der Waals surface area (Å²) in [6, 6.07) is 12.7. The number of alkyl halides is 1. The molecule has 0 bridgehead atoms. The van der Waals surface area contributed by atoms with Crippen LogP contribution in [0.3, 0.4) is 0 Å². The minimum atomic E-state index is -0.172. The average molecular weight is 308 g/mol. The number of amides is 1. The van der Waals surface area contributed by atoms with Crippen LogP contribution in [0.5, 0.6) is 0 Å². The minimum absolute atomic E-state index is 0.168. The summed E-state index contributed by atoms with van der Waals surface area (Å²) in [5.74, 6) is -0.172. The second kappa shape index (κ2) is 6.29. The number of carbonyl (C=O) groups excluding carboxylic acids is 1. The zero-order chi connectivity index (χ0) is 14.7. The van der Waals surface area contributed by atoms with Gasteiger partial charge in [-0.15, -0.1) is 11.6 Å². The number of nitrogens with one attached hydrogen (secondary N) is 1. The highest BCUT2D eigenvalue weighted by molar-refractivity contribution is 6.31. The number of hydrogen-bond donors (Lipinski definition) is 1. The van der Waals surface area contributed by atoms with Gasteiger partial charge in [0.15, 0.2) is 0 Å². The number of para-hydroxylation sites is 1. The maximum atomic E-state index is 12.3. The largest absolute Gasteiger partial charge is 0.322 e. The lowest BCUT2D eigenvalue weighted by atomic mass is 10.1. The van der Waals surface area contributed by atoms with Crippen LogP contribution in [0.15, 0.2) is 42.5 Å². The van der Waals surface area contributed by atoms with Gasteiger partial charge >= 0.3 is 0 Å². The highest BCUT2D eigenvalue weighted by Crippen LogP contribution is 2.27. The lowest BCUT2D eigenvalue weighted by Gasteiger charge is -2.13. The Hall–Kier alpha value is -1.51. The normalized spacial score (nSPS) is 12.0. The van der Waals surface area contributed by atoms with Crippen LogP contribution in [0.2, 0.25) is 5.02 Å². The molecular formula is C16H15Cl2NO. The van der Waals surface area contributed by atoms with Crippen molar-refractivity contribution in [2.45, 2.75) is 19.2 Å². The minimum Gasteiger partial charge on any atom is -0.322 e. The SMILES string of the molecule is Cc1cc(C(=O)Nc2ccccc2C(C)Cl)ccc1Cl. The van der Waals surface area contributed by atoms with E-state index in [-0.39, 0.29) is 11.3 Å². The highest BCUT2D eigenvalue weighted by Gasteiger charge is 2.12. The molecule has 0 aliphatic rings. The maximum Gasteiger partial charge on any atom is 0.255 e. The van der Waals surface area contributed by atoms with E-state index in [1.165, 1.54) is 0 Å². The van der Waals surface area contributed by atoms with Gasteiger partial charge in [-0.05, 0) is 49.2 Å². The van der Waals surface area contributed by atoms with Gasteiger partial charge in [-0.25, -0.2) is 0 Å². The molecule has 0 saturated carbocycles. The summed E-state index contributed by atoms with van der Waals surface area (Å²) in [5.41, 5.74) is 3.07. The first kappa shape index (κ1) is 14.9. The molecule has 2 aromatic carbocycles. The third kappa shape index (κ3) is 3.33. The van der Waals surface area contributed by atoms with E-state index in [0.717, 1.165) is 16.8 Å². The monoisotopic (exact) mass is 307 g/mol. The van der Waals surface area contributed by atoms with Crippen molar-refractivity contribution in [2.24, 2.45) is 0 Å². The quantitative estimate of drug-likeness (QED) is 0.776. The topological polar surface area (TPSA) is 29.1 Å². The number of anilines is 1. The smallest absolute Gasteiger partial charge is 0.255 e. The summed E-state index contributed by atoms with van der Waals surface area (Å²) in [7, 11) is 0. The van der Waals surface area contributed by atoms with E-state index >= 15 is 0 Å². The van der Waals surface area contributed by atoms with E-state index in [2.05, 4.69) is 5.32 Å². The number of halogens is 2. The Bertz CT molecular complexity index is 638. The molecular weight excluding hydrogens is 293 g/mol. The van der Waals surface area contributed by atoms with Crippen LogP contribution in [-0.4, -0.2) is 5.91 Å². The summed E-state index contributed by atoms with van der Waals surface area (Å²) < 4.78 is 0. The van der Waals surface area contributed by atoms with Gasteiger partial charge in [0.2, 0.25) is 0 Å². The number of hydrogen-bond acceptors (Lipinski definition) is 1. The Labute approximate surface area is 128 Å². The van der Waals surface area contributed by atoms with Crippen molar-refractivity contribution in [1.29, 1.82) is 0 Å². The zero-order valence-corrected chi connectivity index (χ0v) is 12.8. The van der Waals surface area contributed by atoms with Crippen LogP contribution in [-0.2, 0) is 0 Å².